The number of rotatable bonds is 10. The summed E-state index contributed by atoms with van der Waals surface area (Å²) in [6.07, 6.45) is 1.47. The Kier molecular flexibility index (Phi) is 9.05. The molecule has 11 heteroatoms. The minimum Gasteiger partial charge on any atom is -0.382 e. The number of benzene rings is 2. The number of nitrogen functional groups attached to an aromatic ring is 1. The lowest BCUT2D eigenvalue weighted by atomic mass is 10.1. The molecular formula is C27H35N7O3S. The maximum absolute atomic E-state index is 13.0. The fourth-order valence-electron chi connectivity index (χ4n) is 4.19. The van der Waals surface area contributed by atoms with Crippen LogP contribution in [-0.4, -0.2) is 105 Å². The van der Waals surface area contributed by atoms with Gasteiger partial charge < -0.3 is 16.0 Å². The van der Waals surface area contributed by atoms with E-state index in [-0.39, 0.29) is 22.2 Å². The zero-order valence-electron chi connectivity index (χ0n) is 21.9. The second-order valence-corrected chi connectivity index (χ2v) is 11.7. The Morgan fingerprint density at radius 1 is 0.974 bits per heavy atom. The third kappa shape index (κ3) is 7.35. The van der Waals surface area contributed by atoms with Gasteiger partial charge in [0.1, 0.15) is 0 Å². The number of sulfone groups is 1. The minimum absolute atomic E-state index is 0.00450. The number of nitrogens with two attached hydrogens (primary N) is 1. The molecule has 0 radical (unpaired) electrons. The molecule has 0 unspecified atom stereocenters. The summed E-state index contributed by atoms with van der Waals surface area (Å²) in [5.41, 5.74) is 7.59. The number of hydrogen-bond acceptors (Lipinski definition) is 9. The molecule has 3 aromatic rings. The van der Waals surface area contributed by atoms with Gasteiger partial charge in [-0.2, -0.15) is 0 Å². The largest absolute Gasteiger partial charge is 0.382 e. The molecule has 0 bridgehead atoms. The van der Waals surface area contributed by atoms with Crippen LogP contribution in [0.3, 0.4) is 0 Å². The monoisotopic (exact) mass is 537 g/mol. The van der Waals surface area contributed by atoms with E-state index in [1.807, 2.05) is 18.2 Å². The number of carbonyl (C=O) groups is 1. The van der Waals surface area contributed by atoms with Crippen LogP contribution >= 0.6 is 0 Å². The van der Waals surface area contributed by atoms with Crippen molar-refractivity contribution in [3.8, 4) is 11.3 Å². The summed E-state index contributed by atoms with van der Waals surface area (Å²) >= 11 is 0. The van der Waals surface area contributed by atoms with E-state index < -0.39 is 15.7 Å². The van der Waals surface area contributed by atoms with Gasteiger partial charge in [-0.05, 0) is 38.4 Å². The van der Waals surface area contributed by atoms with E-state index in [0.29, 0.717) is 23.5 Å². The molecule has 1 fully saturated rings. The number of piperazine rings is 1. The molecule has 3 N–H and O–H groups in total. The lowest BCUT2D eigenvalue weighted by Gasteiger charge is -2.35. The van der Waals surface area contributed by atoms with Crippen LogP contribution in [-0.2, 0) is 9.84 Å². The van der Waals surface area contributed by atoms with Gasteiger partial charge in [-0.1, -0.05) is 30.3 Å². The zero-order chi connectivity index (χ0) is 27.1. The van der Waals surface area contributed by atoms with Crippen molar-refractivity contribution in [3.05, 3.63) is 66.5 Å². The van der Waals surface area contributed by atoms with Crippen LogP contribution < -0.4 is 11.1 Å². The Balaban J connectivity index is 1.36. The second kappa shape index (κ2) is 12.4. The molecule has 10 nitrogen and oxygen atoms in total. The van der Waals surface area contributed by atoms with Crippen molar-refractivity contribution in [1.29, 1.82) is 0 Å². The van der Waals surface area contributed by atoms with Crippen molar-refractivity contribution < 1.29 is 13.2 Å². The van der Waals surface area contributed by atoms with E-state index in [0.717, 1.165) is 39.3 Å². The standard InChI is InChI=1S/C27H35N7O3S/c1-32(2)12-13-33-14-16-34(17-15-33)18-19-38(36,37)23-10-8-21(9-11-23)24-20-29-26(28)25(31-24)27(35)30-22-6-4-3-5-7-22/h3-11,20H,12-19H2,1-2H3,(H2,28,29)(H,30,35). The molecule has 2 heterocycles. The average molecular weight is 538 g/mol. The first-order valence-electron chi connectivity index (χ1n) is 12.6. The molecule has 0 atom stereocenters. The normalized spacial score (nSPS) is 15.0. The number of likely N-dealkylation sites (N-methyl/N-ethyl adjacent to an activating group) is 1. The van der Waals surface area contributed by atoms with E-state index in [1.165, 1.54) is 6.20 Å². The van der Waals surface area contributed by atoms with Gasteiger partial charge in [0.05, 0.1) is 22.5 Å². The SMILES string of the molecule is CN(C)CCN1CCN(CCS(=O)(=O)c2ccc(-c3cnc(N)c(C(=O)Nc4ccccc4)n3)cc2)CC1. The van der Waals surface area contributed by atoms with E-state index >= 15 is 0 Å². The summed E-state index contributed by atoms with van der Waals surface area (Å²) < 4.78 is 26.0. The minimum atomic E-state index is -3.44. The summed E-state index contributed by atoms with van der Waals surface area (Å²) in [6, 6.07) is 15.5. The molecule has 4 rings (SSSR count). The highest BCUT2D eigenvalue weighted by Crippen LogP contribution is 2.22. The lowest BCUT2D eigenvalue weighted by molar-refractivity contribution is 0.102. The molecule has 202 valence electrons. The van der Waals surface area contributed by atoms with Crippen LogP contribution in [0.25, 0.3) is 11.3 Å². The first-order chi connectivity index (χ1) is 18.2. The van der Waals surface area contributed by atoms with Gasteiger partial charge in [-0.15, -0.1) is 0 Å². The predicted molar refractivity (Wildman–Crippen MR) is 150 cm³/mol. The summed E-state index contributed by atoms with van der Waals surface area (Å²) in [5.74, 6) is -0.393. The van der Waals surface area contributed by atoms with Gasteiger partial charge in [-0.25, -0.2) is 18.4 Å². The highest BCUT2D eigenvalue weighted by atomic mass is 32.2. The van der Waals surface area contributed by atoms with E-state index in [1.54, 1.807) is 36.4 Å². The third-order valence-corrected chi connectivity index (χ3v) is 8.27. The number of para-hydroxylation sites is 1. The molecule has 1 aromatic heterocycles. The summed E-state index contributed by atoms with van der Waals surface area (Å²) in [5, 5.41) is 2.75. The van der Waals surface area contributed by atoms with Crippen LogP contribution in [0.2, 0.25) is 0 Å². The Labute approximate surface area is 224 Å². The van der Waals surface area contributed by atoms with Crippen LogP contribution in [0, 0.1) is 0 Å². The summed E-state index contributed by atoms with van der Waals surface area (Å²) in [7, 11) is 0.700. The fraction of sp³-hybridized carbons (Fsp3) is 0.370. The number of nitrogens with one attached hydrogen (secondary N) is 1. The fourth-order valence-corrected chi connectivity index (χ4v) is 5.48. The Morgan fingerprint density at radius 3 is 2.24 bits per heavy atom. The van der Waals surface area contributed by atoms with Crippen molar-refractivity contribution in [2.45, 2.75) is 4.90 Å². The number of anilines is 2. The molecule has 1 aliphatic heterocycles. The molecule has 1 amide bonds. The number of amides is 1. The Hall–Kier alpha value is -3.38. The van der Waals surface area contributed by atoms with E-state index in [9.17, 15) is 13.2 Å². The highest BCUT2D eigenvalue weighted by Gasteiger charge is 2.21. The van der Waals surface area contributed by atoms with E-state index in [4.69, 9.17) is 5.73 Å². The number of hydrogen-bond donors (Lipinski definition) is 2. The molecule has 0 aliphatic carbocycles. The van der Waals surface area contributed by atoms with Gasteiger partial charge in [0.15, 0.2) is 21.3 Å². The lowest BCUT2D eigenvalue weighted by Crippen LogP contribution is -2.48. The Morgan fingerprint density at radius 2 is 1.61 bits per heavy atom. The molecule has 0 saturated carbocycles. The topological polar surface area (TPSA) is 125 Å². The second-order valence-electron chi connectivity index (χ2n) is 9.64. The van der Waals surface area contributed by atoms with Crippen LogP contribution in [0.1, 0.15) is 10.5 Å². The molecule has 1 aliphatic rings. The van der Waals surface area contributed by atoms with Gasteiger partial charge in [0.25, 0.3) is 5.91 Å². The third-order valence-electron chi connectivity index (χ3n) is 6.56. The van der Waals surface area contributed by atoms with Crippen molar-refractivity contribution in [1.82, 2.24) is 24.7 Å². The number of aromatic nitrogens is 2. The average Bonchev–Trinajstić information content (AvgIpc) is 2.92. The van der Waals surface area contributed by atoms with Crippen LogP contribution in [0.15, 0.2) is 65.7 Å². The van der Waals surface area contributed by atoms with E-state index in [2.05, 4.69) is 44.1 Å². The summed E-state index contributed by atoms with van der Waals surface area (Å²) in [6.45, 7) is 6.22. The van der Waals surface area contributed by atoms with Crippen LogP contribution in [0.4, 0.5) is 11.5 Å². The van der Waals surface area contributed by atoms with Crippen molar-refractivity contribution in [3.63, 3.8) is 0 Å². The van der Waals surface area contributed by atoms with Crippen molar-refractivity contribution >= 4 is 27.2 Å². The molecule has 0 spiro atoms. The molecule has 1 saturated heterocycles. The molecule has 38 heavy (non-hydrogen) atoms. The quantitative estimate of drug-likeness (QED) is 0.399. The first kappa shape index (κ1) is 27.6. The van der Waals surface area contributed by atoms with Gasteiger partial charge >= 0.3 is 0 Å². The van der Waals surface area contributed by atoms with Gasteiger partial charge in [0.2, 0.25) is 0 Å². The highest BCUT2D eigenvalue weighted by molar-refractivity contribution is 7.91. The van der Waals surface area contributed by atoms with Gasteiger partial charge in [-0.3, -0.25) is 14.6 Å². The zero-order valence-corrected chi connectivity index (χ0v) is 22.7. The van der Waals surface area contributed by atoms with Crippen molar-refractivity contribution in [2.75, 3.05) is 76.7 Å². The predicted octanol–water partition coefficient (Wildman–Crippen LogP) is 1.93. The van der Waals surface area contributed by atoms with Crippen LogP contribution in [0.5, 0.6) is 0 Å². The maximum atomic E-state index is 13.0. The number of carbonyl (C=O) groups excluding carboxylic acids is 1. The summed E-state index contributed by atoms with van der Waals surface area (Å²) in [4.78, 5) is 28.3. The first-order valence-corrected chi connectivity index (χ1v) is 14.3. The molecule has 2 aromatic carbocycles. The van der Waals surface area contributed by atoms with Crippen molar-refractivity contribution in [2.24, 2.45) is 0 Å². The number of nitrogens with zero attached hydrogens (tertiary/aromatic N) is 5. The van der Waals surface area contributed by atoms with Gasteiger partial charge in [0, 0.05) is 57.1 Å². The molecular weight excluding hydrogens is 502 g/mol. The Bertz CT molecular complexity index is 1320. The smallest absolute Gasteiger partial charge is 0.278 e. The maximum Gasteiger partial charge on any atom is 0.278 e.